The summed E-state index contributed by atoms with van der Waals surface area (Å²) in [6, 6.07) is -1.83. The van der Waals surface area contributed by atoms with Gasteiger partial charge in [0.25, 0.3) is 0 Å². The lowest BCUT2D eigenvalue weighted by Gasteiger charge is -2.35. The Morgan fingerprint density at radius 2 is 1.95 bits per heavy atom. The SMILES string of the molecule is C=C[C@@H]1C[C@]1(CC(=O)[C@@H]1C[C@]2(CC(CC)=NO2)CN1C(=O)[C@@H](NC(=O)OC1CCCC1)C(C)(C)C)C(=O)O. The molecule has 10 heteroatoms. The number of Topliss-reactive ketones (excluding diaryl/α,β-unsaturated/α-hetero) is 1. The molecule has 0 aromatic rings. The van der Waals surface area contributed by atoms with Gasteiger partial charge in [-0.1, -0.05) is 38.9 Å². The van der Waals surface area contributed by atoms with Crippen LogP contribution in [-0.4, -0.2) is 69.8 Å². The Morgan fingerprint density at radius 1 is 1.26 bits per heavy atom. The molecule has 1 saturated heterocycles. The molecular weight excluding hydrogens is 490 g/mol. The lowest BCUT2D eigenvalue weighted by Crippen LogP contribution is -2.57. The number of nitrogens with one attached hydrogen (secondary N) is 1. The van der Waals surface area contributed by atoms with Crippen molar-refractivity contribution < 1.29 is 33.9 Å². The molecule has 2 aliphatic carbocycles. The summed E-state index contributed by atoms with van der Waals surface area (Å²) in [5.41, 5.74) is -1.85. The summed E-state index contributed by atoms with van der Waals surface area (Å²) >= 11 is 0. The normalized spacial score (nSPS) is 31.5. The van der Waals surface area contributed by atoms with Gasteiger partial charge in [-0.05, 0) is 49.9 Å². The number of oxime groups is 1. The summed E-state index contributed by atoms with van der Waals surface area (Å²) in [7, 11) is 0. The summed E-state index contributed by atoms with van der Waals surface area (Å²) in [5, 5.41) is 16.8. The minimum Gasteiger partial charge on any atom is -0.481 e. The van der Waals surface area contributed by atoms with Crippen molar-refractivity contribution >= 4 is 29.5 Å². The number of alkyl carbamates (subject to hydrolysis) is 1. The van der Waals surface area contributed by atoms with E-state index in [1.54, 1.807) is 6.08 Å². The van der Waals surface area contributed by atoms with Gasteiger partial charge in [0.1, 0.15) is 12.1 Å². The van der Waals surface area contributed by atoms with E-state index in [2.05, 4.69) is 17.1 Å². The Balaban J connectivity index is 1.57. The van der Waals surface area contributed by atoms with Gasteiger partial charge in [-0.15, -0.1) is 6.58 Å². The zero-order valence-electron chi connectivity index (χ0n) is 23.0. The Morgan fingerprint density at radius 3 is 2.47 bits per heavy atom. The largest absolute Gasteiger partial charge is 0.481 e. The second kappa shape index (κ2) is 10.3. The number of allylic oxidation sites excluding steroid dienone is 1. The molecule has 10 nitrogen and oxygen atoms in total. The molecule has 2 amide bonds. The predicted molar refractivity (Wildman–Crippen MR) is 139 cm³/mol. The summed E-state index contributed by atoms with van der Waals surface area (Å²) in [5.74, 6) is -2.05. The van der Waals surface area contributed by atoms with Crippen molar-refractivity contribution in [3.63, 3.8) is 0 Å². The van der Waals surface area contributed by atoms with Gasteiger partial charge in [-0.3, -0.25) is 14.4 Å². The molecule has 2 aliphatic heterocycles. The van der Waals surface area contributed by atoms with Crippen LogP contribution in [-0.2, 0) is 24.0 Å². The minimum atomic E-state index is -1.18. The van der Waals surface area contributed by atoms with Crippen LogP contribution in [0.5, 0.6) is 0 Å². The second-order valence-corrected chi connectivity index (χ2v) is 12.6. The number of ketones is 1. The lowest BCUT2D eigenvalue weighted by molar-refractivity contribution is -0.147. The van der Waals surface area contributed by atoms with Gasteiger partial charge in [-0.25, -0.2) is 4.79 Å². The highest BCUT2D eigenvalue weighted by Gasteiger charge is 2.62. The van der Waals surface area contributed by atoms with E-state index in [9.17, 15) is 24.3 Å². The van der Waals surface area contributed by atoms with Gasteiger partial charge in [0.05, 0.1) is 23.7 Å². The van der Waals surface area contributed by atoms with Crippen LogP contribution in [0.4, 0.5) is 4.79 Å². The fraction of sp³-hybridized carbons (Fsp3) is 0.750. The van der Waals surface area contributed by atoms with Crippen molar-refractivity contribution in [1.29, 1.82) is 0 Å². The molecular formula is C28H41N3O7. The van der Waals surface area contributed by atoms with Crippen LogP contribution in [0.15, 0.2) is 17.8 Å². The molecule has 210 valence electrons. The van der Waals surface area contributed by atoms with Gasteiger partial charge >= 0.3 is 12.1 Å². The first-order valence-electron chi connectivity index (χ1n) is 13.7. The summed E-state index contributed by atoms with van der Waals surface area (Å²) in [4.78, 5) is 59.9. The number of ether oxygens (including phenoxy) is 1. The van der Waals surface area contributed by atoms with E-state index in [0.29, 0.717) is 19.3 Å². The molecule has 3 fully saturated rings. The summed E-state index contributed by atoms with van der Waals surface area (Å²) in [6.45, 7) is 11.3. The monoisotopic (exact) mass is 531 g/mol. The highest BCUT2D eigenvalue weighted by Crippen LogP contribution is 2.57. The quantitative estimate of drug-likeness (QED) is 0.432. The molecule has 5 atom stereocenters. The highest BCUT2D eigenvalue weighted by molar-refractivity contribution is 5.97. The fourth-order valence-electron chi connectivity index (χ4n) is 6.17. The van der Waals surface area contributed by atoms with E-state index in [-0.39, 0.29) is 37.2 Å². The zero-order valence-corrected chi connectivity index (χ0v) is 23.0. The topological polar surface area (TPSA) is 135 Å². The maximum atomic E-state index is 14.1. The summed E-state index contributed by atoms with van der Waals surface area (Å²) < 4.78 is 5.57. The number of nitrogens with zero attached hydrogens (tertiary/aromatic N) is 2. The van der Waals surface area contributed by atoms with Crippen molar-refractivity contribution in [2.45, 2.75) is 109 Å². The van der Waals surface area contributed by atoms with Crippen molar-refractivity contribution in [2.75, 3.05) is 6.54 Å². The third-order valence-corrected chi connectivity index (χ3v) is 8.64. The Bertz CT molecular complexity index is 1030. The van der Waals surface area contributed by atoms with Crippen LogP contribution in [0, 0.1) is 16.7 Å². The molecule has 0 unspecified atom stereocenters. The number of amides is 2. The molecule has 4 aliphatic rings. The number of hydrogen-bond donors (Lipinski definition) is 2. The molecule has 2 saturated carbocycles. The average molecular weight is 532 g/mol. The van der Waals surface area contributed by atoms with E-state index >= 15 is 0 Å². The van der Waals surface area contributed by atoms with E-state index in [1.807, 2.05) is 27.7 Å². The third-order valence-electron chi connectivity index (χ3n) is 8.64. The first-order chi connectivity index (χ1) is 17.8. The smallest absolute Gasteiger partial charge is 0.408 e. The molecule has 2 N–H and O–H groups in total. The van der Waals surface area contributed by atoms with Crippen LogP contribution in [0.1, 0.15) is 85.5 Å². The molecule has 0 bridgehead atoms. The molecule has 1 spiro atoms. The number of rotatable bonds is 9. The Hall–Kier alpha value is -2.91. The standard InChI is InChI=1S/C28H41N3O7/c1-6-17-12-28(17,24(34)35)15-21(32)20-14-27(13-18(7-2)30-38-27)16-31(20)23(33)22(26(3,4)5)29-25(36)37-19-10-8-9-11-19/h6,17,19-20,22H,1,7-16H2,2-5H3,(H,29,36)(H,34,35)/t17-,20+,22-,27-,28-/m1/s1. The molecule has 4 rings (SSSR count). The third kappa shape index (κ3) is 5.45. The first kappa shape index (κ1) is 28.1. The number of carbonyl (C=O) groups excluding carboxylic acids is 3. The van der Waals surface area contributed by atoms with Crippen molar-refractivity contribution in [2.24, 2.45) is 21.9 Å². The molecule has 2 heterocycles. The molecule has 0 aromatic carbocycles. The lowest BCUT2D eigenvalue weighted by atomic mass is 9.85. The van der Waals surface area contributed by atoms with Crippen LogP contribution >= 0.6 is 0 Å². The van der Waals surface area contributed by atoms with Crippen LogP contribution in [0.25, 0.3) is 0 Å². The fourth-order valence-corrected chi connectivity index (χ4v) is 6.17. The van der Waals surface area contributed by atoms with E-state index in [0.717, 1.165) is 31.4 Å². The summed E-state index contributed by atoms with van der Waals surface area (Å²) in [6.07, 6.45) is 5.97. The number of likely N-dealkylation sites (tertiary alicyclic amines) is 1. The number of carboxylic acids is 1. The van der Waals surface area contributed by atoms with Crippen molar-refractivity contribution in [3.8, 4) is 0 Å². The molecule has 0 aromatic heterocycles. The number of aliphatic carboxylic acids is 1. The highest BCUT2D eigenvalue weighted by atomic mass is 16.7. The number of carbonyl (C=O) groups is 4. The number of hydrogen-bond acceptors (Lipinski definition) is 7. The van der Waals surface area contributed by atoms with Gasteiger partial charge in [0.2, 0.25) is 5.91 Å². The number of carboxylic acid groups (broad SMARTS) is 1. The van der Waals surface area contributed by atoms with Gasteiger partial charge < -0.3 is 24.9 Å². The zero-order chi connectivity index (χ0) is 27.9. The molecule has 0 radical (unpaired) electrons. The van der Waals surface area contributed by atoms with E-state index in [4.69, 9.17) is 9.57 Å². The van der Waals surface area contributed by atoms with Gasteiger partial charge in [-0.2, -0.15) is 0 Å². The maximum absolute atomic E-state index is 14.1. The predicted octanol–water partition coefficient (Wildman–Crippen LogP) is 3.83. The first-order valence-corrected chi connectivity index (χ1v) is 13.7. The van der Waals surface area contributed by atoms with Gasteiger partial charge in [0.15, 0.2) is 11.4 Å². The average Bonchev–Trinajstić information content (AvgIpc) is 3.22. The van der Waals surface area contributed by atoms with Crippen LogP contribution in [0.2, 0.25) is 0 Å². The van der Waals surface area contributed by atoms with Gasteiger partial charge in [0, 0.05) is 19.3 Å². The maximum Gasteiger partial charge on any atom is 0.408 e. The molecule has 38 heavy (non-hydrogen) atoms. The van der Waals surface area contributed by atoms with Crippen molar-refractivity contribution in [1.82, 2.24) is 10.2 Å². The Kier molecular flexibility index (Phi) is 7.65. The van der Waals surface area contributed by atoms with E-state index in [1.165, 1.54) is 4.90 Å². The van der Waals surface area contributed by atoms with Crippen LogP contribution < -0.4 is 5.32 Å². The van der Waals surface area contributed by atoms with E-state index < -0.39 is 46.5 Å². The van der Waals surface area contributed by atoms with Crippen LogP contribution in [0.3, 0.4) is 0 Å². The Labute approximate surface area is 224 Å². The second-order valence-electron chi connectivity index (χ2n) is 12.6. The van der Waals surface area contributed by atoms with Crippen molar-refractivity contribution in [3.05, 3.63) is 12.7 Å². The minimum absolute atomic E-state index is 0.131.